The second kappa shape index (κ2) is 10.1. The smallest absolute Gasteiger partial charge is 0.412 e. The molecule has 0 radical (unpaired) electrons. The Labute approximate surface area is 175 Å². The van der Waals surface area contributed by atoms with Crippen LogP contribution in [0.25, 0.3) is 10.8 Å². The Balaban J connectivity index is 1.82. The van der Waals surface area contributed by atoms with E-state index >= 15 is 0 Å². The van der Waals surface area contributed by atoms with Crippen LogP contribution >= 0.6 is 0 Å². The molecule has 0 aliphatic heterocycles. The highest BCUT2D eigenvalue weighted by Gasteiger charge is 2.25. The fourth-order valence-electron chi connectivity index (χ4n) is 3.59. The standard InChI is InChI=1S/C23H27NO6/c1-15(2)22(26)29-13-11-24-23(27)30-21-18-9-5-3-7-16(18)20(28-14-12-25)17-8-4-6-10-19(17)21/h3,5,7,9,25H,1,4,6,8,10-14H2,2H3,(H,24,27). The number of benzene rings is 2. The van der Waals surface area contributed by atoms with Gasteiger partial charge in [0.25, 0.3) is 0 Å². The fraction of sp³-hybridized carbons (Fsp3) is 0.391. The van der Waals surface area contributed by atoms with Crippen molar-refractivity contribution in [2.24, 2.45) is 0 Å². The fourth-order valence-corrected chi connectivity index (χ4v) is 3.59. The van der Waals surface area contributed by atoms with Gasteiger partial charge in [-0.25, -0.2) is 9.59 Å². The highest BCUT2D eigenvalue weighted by molar-refractivity contribution is 5.97. The zero-order valence-electron chi connectivity index (χ0n) is 17.2. The molecule has 2 N–H and O–H groups in total. The van der Waals surface area contributed by atoms with Crippen molar-refractivity contribution in [2.45, 2.75) is 32.6 Å². The molecule has 0 saturated carbocycles. The molecule has 1 aliphatic rings. The molecule has 2 aromatic rings. The van der Waals surface area contributed by atoms with Crippen molar-refractivity contribution in [3.05, 3.63) is 47.5 Å². The Morgan fingerprint density at radius 2 is 1.70 bits per heavy atom. The first kappa shape index (κ1) is 21.6. The van der Waals surface area contributed by atoms with E-state index in [1.807, 2.05) is 24.3 Å². The normalized spacial score (nSPS) is 12.7. The monoisotopic (exact) mass is 413 g/mol. The van der Waals surface area contributed by atoms with Crippen LogP contribution in [0.15, 0.2) is 36.4 Å². The van der Waals surface area contributed by atoms with Crippen molar-refractivity contribution < 1.29 is 28.9 Å². The number of aliphatic hydroxyl groups is 1. The van der Waals surface area contributed by atoms with Gasteiger partial charge in [-0.1, -0.05) is 30.8 Å². The number of hydrogen-bond acceptors (Lipinski definition) is 6. The highest BCUT2D eigenvalue weighted by Crippen LogP contribution is 2.44. The summed E-state index contributed by atoms with van der Waals surface area (Å²) < 4.78 is 16.6. The number of carbonyl (C=O) groups is 2. The number of rotatable bonds is 8. The SMILES string of the molecule is C=C(C)C(=O)OCCNC(=O)Oc1c2c(c(OCCO)c3ccccc13)CCCC2. The molecular formula is C23H27NO6. The lowest BCUT2D eigenvalue weighted by Gasteiger charge is -2.25. The van der Waals surface area contributed by atoms with Crippen LogP contribution in [0.1, 0.15) is 30.9 Å². The third-order valence-corrected chi connectivity index (χ3v) is 4.92. The summed E-state index contributed by atoms with van der Waals surface area (Å²) in [6.45, 7) is 5.38. The summed E-state index contributed by atoms with van der Waals surface area (Å²) in [4.78, 5) is 23.8. The van der Waals surface area contributed by atoms with Gasteiger partial charge in [0.1, 0.15) is 24.7 Å². The first-order chi connectivity index (χ1) is 14.5. The predicted molar refractivity (Wildman–Crippen MR) is 113 cm³/mol. The summed E-state index contributed by atoms with van der Waals surface area (Å²) in [6.07, 6.45) is 3.04. The van der Waals surface area contributed by atoms with E-state index in [1.54, 1.807) is 6.92 Å². The van der Waals surface area contributed by atoms with Crippen molar-refractivity contribution >= 4 is 22.8 Å². The Morgan fingerprint density at radius 1 is 1.07 bits per heavy atom. The third kappa shape index (κ3) is 4.91. The second-order valence-corrected chi connectivity index (χ2v) is 7.17. The van der Waals surface area contributed by atoms with Crippen molar-refractivity contribution in [3.8, 4) is 11.5 Å². The summed E-state index contributed by atoms with van der Waals surface area (Å²) in [5.41, 5.74) is 2.31. The van der Waals surface area contributed by atoms with Crippen LogP contribution in [-0.2, 0) is 22.4 Å². The molecular weight excluding hydrogens is 386 g/mol. The van der Waals surface area contributed by atoms with E-state index < -0.39 is 12.1 Å². The molecule has 0 bridgehead atoms. The predicted octanol–water partition coefficient (Wildman–Crippen LogP) is 3.30. The zero-order valence-corrected chi connectivity index (χ0v) is 17.2. The molecule has 7 heteroatoms. The second-order valence-electron chi connectivity index (χ2n) is 7.17. The highest BCUT2D eigenvalue weighted by atomic mass is 16.6. The maximum Gasteiger partial charge on any atom is 0.412 e. The van der Waals surface area contributed by atoms with E-state index in [4.69, 9.17) is 14.2 Å². The average molecular weight is 413 g/mol. The van der Waals surface area contributed by atoms with Crippen LogP contribution in [0.2, 0.25) is 0 Å². The molecule has 160 valence electrons. The number of amides is 1. The molecule has 0 aromatic heterocycles. The molecule has 3 rings (SSSR count). The molecule has 0 fully saturated rings. The van der Waals surface area contributed by atoms with E-state index in [9.17, 15) is 14.7 Å². The van der Waals surface area contributed by atoms with Gasteiger partial charge < -0.3 is 24.6 Å². The number of aliphatic hydroxyl groups excluding tert-OH is 1. The number of hydrogen-bond donors (Lipinski definition) is 2. The first-order valence-corrected chi connectivity index (χ1v) is 10.1. The summed E-state index contributed by atoms with van der Waals surface area (Å²) in [7, 11) is 0. The lowest BCUT2D eigenvalue weighted by molar-refractivity contribution is -0.138. The first-order valence-electron chi connectivity index (χ1n) is 10.1. The molecule has 30 heavy (non-hydrogen) atoms. The molecule has 7 nitrogen and oxygen atoms in total. The number of carbonyl (C=O) groups excluding carboxylic acids is 2. The number of ether oxygens (including phenoxy) is 3. The van der Waals surface area contributed by atoms with Gasteiger partial charge in [0, 0.05) is 27.5 Å². The van der Waals surface area contributed by atoms with Gasteiger partial charge in [-0.2, -0.15) is 0 Å². The van der Waals surface area contributed by atoms with Crippen LogP contribution in [0, 0.1) is 0 Å². The van der Waals surface area contributed by atoms with Gasteiger partial charge in [0.15, 0.2) is 0 Å². The molecule has 1 amide bonds. The van der Waals surface area contributed by atoms with E-state index in [1.165, 1.54) is 0 Å². The van der Waals surface area contributed by atoms with E-state index in [2.05, 4.69) is 11.9 Å². The van der Waals surface area contributed by atoms with Crippen LogP contribution in [0.3, 0.4) is 0 Å². The minimum Gasteiger partial charge on any atom is -0.490 e. The van der Waals surface area contributed by atoms with Crippen molar-refractivity contribution in [1.29, 1.82) is 0 Å². The van der Waals surface area contributed by atoms with Crippen molar-refractivity contribution in [2.75, 3.05) is 26.4 Å². The Hall–Kier alpha value is -3.06. The van der Waals surface area contributed by atoms with E-state index in [0.29, 0.717) is 11.3 Å². The molecule has 2 aromatic carbocycles. The summed E-state index contributed by atoms with van der Waals surface area (Å²) in [5.74, 6) is 0.797. The Morgan fingerprint density at radius 3 is 2.33 bits per heavy atom. The maximum absolute atomic E-state index is 12.4. The van der Waals surface area contributed by atoms with E-state index in [-0.39, 0.29) is 26.4 Å². The molecule has 0 saturated heterocycles. The maximum atomic E-state index is 12.4. The van der Waals surface area contributed by atoms with Crippen LogP contribution in [0.5, 0.6) is 11.5 Å². The lowest BCUT2D eigenvalue weighted by Crippen LogP contribution is -2.31. The minimum atomic E-state index is -0.608. The lowest BCUT2D eigenvalue weighted by atomic mass is 9.87. The van der Waals surface area contributed by atoms with Crippen LogP contribution in [-0.4, -0.2) is 43.5 Å². The molecule has 1 aliphatic carbocycles. The summed E-state index contributed by atoms with van der Waals surface area (Å²) >= 11 is 0. The third-order valence-electron chi connectivity index (χ3n) is 4.92. The van der Waals surface area contributed by atoms with E-state index in [0.717, 1.165) is 53.3 Å². The zero-order chi connectivity index (χ0) is 21.5. The molecule has 0 atom stereocenters. The molecule has 0 spiro atoms. The largest absolute Gasteiger partial charge is 0.490 e. The van der Waals surface area contributed by atoms with Crippen molar-refractivity contribution in [3.63, 3.8) is 0 Å². The Bertz CT molecular complexity index is 952. The van der Waals surface area contributed by atoms with Crippen LogP contribution < -0.4 is 14.8 Å². The van der Waals surface area contributed by atoms with Crippen molar-refractivity contribution in [1.82, 2.24) is 5.32 Å². The Kier molecular flexibility index (Phi) is 7.30. The number of fused-ring (bicyclic) bond motifs is 2. The minimum absolute atomic E-state index is 0.0353. The molecule has 0 unspecified atom stereocenters. The van der Waals surface area contributed by atoms with Gasteiger partial charge in [-0.05, 0) is 32.6 Å². The number of esters is 1. The average Bonchev–Trinajstić information content (AvgIpc) is 2.76. The summed E-state index contributed by atoms with van der Waals surface area (Å²) in [5, 5.41) is 13.5. The molecule has 0 heterocycles. The van der Waals surface area contributed by atoms with Gasteiger partial charge >= 0.3 is 12.1 Å². The van der Waals surface area contributed by atoms with Gasteiger partial charge in [0.2, 0.25) is 0 Å². The quantitative estimate of drug-likeness (QED) is 0.392. The van der Waals surface area contributed by atoms with Gasteiger partial charge in [0.05, 0.1) is 13.2 Å². The van der Waals surface area contributed by atoms with Gasteiger partial charge in [-0.3, -0.25) is 0 Å². The number of nitrogens with one attached hydrogen (secondary N) is 1. The van der Waals surface area contributed by atoms with Crippen LogP contribution in [0.4, 0.5) is 4.79 Å². The summed E-state index contributed by atoms with van der Waals surface area (Å²) in [6, 6.07) is 7.62. The topological polar surface area (TPSA) is 94.1 Å². The van der Waals surface area contributed by atoms with Gasteiger partial charge in [-0.15, -0.1) is 0 Å².